The van der Waals surface area contributed by atoms with Gasteiger partial charge in [-0.15, -0.1) is 24.0 Å². The van der Waals surface area contributed by atoms with Crippen molar-refractivity contribution >= 4 is 35.8 Å². The van der Waals surface area contributed by atoms with Gasteiger partial charge in [0.25, 0.3) is 0 Å². The monoisotopic (exact) mass is 512 g/mol. The number of carbonyl (C=O) groups excluding carboxylic acids is 1. The van der Waals surface area contributed by atoms with Crippen LogP contribution in [0.15, 0.2) is 52.1 Å². The molecule has 0 saturated heterocycles. The van der Waals surface area contributed by atoms with Gasteiger partial charge < -0.3 is 25.1 Å². The number of ether oxygens (including phenoxy) is 1. The van der Waals surface area contributed by atoms with Crippen LogP contribution in [0.2, 0.25) is 0 Å². The molecule has 1 aromatic heterocycles. The van der Waals surface area contributed by atoms with E-state index in [1.807, 2.05) is 37.3 Å². The molecule has 1 amide bonds. The van der Waals surface area contributed by atoms with Gasteiger partial charge in [-0.05, 0) is 43.9 Å². The van der Waals surface area contributed by atoms with E-state index < -0.39 is 0 Å². The average Bonchev–Trinajstić information content (AvgIpc) is 3.40. The molecule has 0 spiro atoms. The first kappa shape index (κ1) is 23.1. The number of hydrogen-bond acceptors (Lipinski definition) is 4. The molecule has 1 aromatic carbocycles. The van der Waals surface area contributed by atoms with Gasteiger partial charge in [0, 0.05) is 12.1 Å². The standard InChI is InChI=1S/C21H28N4O3.HI/c1-2-22-21(25-14-20(26)23-13-18-7-5-11-27-18)24-12-17-6-3-4-8-19(17)28-15-16-9-10-16;/h3-8,11,16H,2,9-10,12-15H2,1H3,(H,23,26)(H2,22,24,25);1H. The van der Waals surface area contributed by atoms with E-state index in [2.05, 4.69) is 20.9 Å². The van der Waals surface area contributed by atoms with Crippen molar-refractivity contribution < 1.29 is 13.9 Å². The predicted octanol–water partition coefficient (Wildman–Crippen LogP) is 3.06. The topological polar surface area (TPSA) is 87.9 Å². The molecule has 1 saturated carbocycles. The molecule has 1 fully saturated rings. The quantitative estimate of drug-likeness (QED) is 0.259. The van der Waals surface area contributed by atoms with Gasteiger partial charge in [0.2, 0.25) is 5.91 Å². The third-order valence-electron chi connectivity index (χ3n) is 4.35. The fourth-order valence-electron chi connectivity index (χ4n) is 2.60. The van der Waals surface area contributed by atoms with Crippen LogP contribution in [-0.2, 0) is 17.9 Å². The lowest BCUT2D eigenvalue weighted by Gasteiger charge is -2.13. The molecule has 0 aliphatic heterocycles. The SMILES string of the molecule is CCNC(=NCc1ccccc1OCC1CC1)NCC(=O)NCc1ccco1.I. The van der Waals surface area contributed by atoms with Crippen LogP contribution >= 0.6 is 24.0 Å². The van der Waals surface area contributed by atoms with E-state index in [0.717, 1.165) is 23.7 Å². The fourth-order valence-corrected chi connectivity index (χ4v) is 2.60. The number of carbonyl (C=O) groups is 1. The maximum absolute atomic E-state index is 12.0. The zero-order valence-corrected chi connectivity index (χ0v) is 19.0. The summed E-state index contributed by atoms with van der Waals surface area (Å²) in [6.45, 7) is 4.44. The van der Waals surface area contributed by atoms with Crippen LogP contribution in [0.3, 0.4) is 0 Å². The molecule has 1 heterocycles. The van der Waals surface area contributed by atoms with E-state index in [9.17, 15) is 4.79 Å². The second kappa shape index (κ2) is 12.4. The maximum atomic E-state index is 12.0. The highest BCUT2D eigenvalue weighted by Gasteiger charge is 2.22. The molecule has 0 bridgehead atoms. The number of furan rings is 1. The van der Waals surface area contributed by atoms with Gasteiger partial charge in [-0.2, -0.15) is 0 Å². The summed E-state index contributed by atoms with van der Waals surface area (Å²) in [5.74, 6) is 2.76. The number of benzene rings is 1. The van der Waals surface area contributed by atoms with E-state index in [1.165, 1.54) is 12.8 Å². The summed E-state index contributed by atoms with van der Waals surface area (Å²) in [5.41, 5.74) is 1.03. The lowest BCUT2D eigenvalue weighted by molar-refractivity contribution is -0.120. The first-order valence-electron chi connectivity index (χ1n) is 9.76. The summed E-state index contributed by atoms with van der Waals surface area (Å²) in [7, 11) is 0. The van der Waals surface area contributed by atoms with Gasteiger partial charge in [-0.3, -0.25) is 4.79 Å². The number of para-hydroxylation sites is 1. The minimum Gasteiger partial charge on any atom is -0.493 e. The summed E-state index contributed by atoms with van der Waals surface area (Å²) >= 11 is 0. The predicted molar refractivity (Wildman–Crippen MR) is 123 cm³/mol. The molecule has 158 valence electrons. The lowest BCUT2D eigenvalue weighted by atomic mass is 10.2. The van der Waals surface area contributed by atoms with Crippen molar-refractivity contribution in [2.24, 2.45) is 10.9 Å². The molecule has 1 aliphatic rings. The Hall–Kier alpha value is -2.23. The van der Waals surface area contributed by atoms with Crippen molar-refractivity contribution in [3.8, 4) is 5.75 Å². The number of aliphatic imine (C=N–C) groups is 1. The minimum atomic E-state index is -0.129. The minimum absolute atomic E-state index is 0. The van der Waals surface area contributed by atoms with Crippen molar-refractivity contribution in [1.82, 2.24) is 16.0 Å². The molecule has 3 rings (SSSR count). The van der Waals surface area contributed by atoms with E-state index in [1.54, 1.807) is 12.3 Å². The Morgan fingerprint density at radius 1 is 1.17 bits per heavy atom. The van der Waals surface area contributed by atoms with Crippen molar-refractivity contribution in [3.63, 3.8) is 0 Å². The number of rotatable bonds is 10. The van der Waals surface area contributed by atoms with Crippen LogP contribution in [0.1, 0.15) is 31.1 Å². The van der Waals surface area contributed by atoms with E-state index in [-0.39, 0.29) is 36.4 Å². The first-order chi connectivity index (χ1) is 13.7. The second-order valence-corrected chi connectivity index (χ2v) is 6.77. The number of hydrogen-bond donors (Lipinski definition) is 3. The molecule has 0 unspecified atom stereocenters. The van der Waals surface area contributed by atoms with Gasteiger partial charge in [0.15, 0.2) is 5.96 Å². The van der Waals surface area contributed by atoms with Gasteiger partial charge in [0.1, 0.15) is 11.5 Å². The Morgan fingerprint density at radius 3 is 2.72 bits per heavy atom. The highest BCUT2D eigenvalue weighted by molar-refractivity contribution is 14.0. The Morgan fingerprint density at radius 2 is 2.00 bits per heavy atom. The Labute approximate surface area is 188 Å². The Bertz CT molecular complexity index is 776. The second-order valence-electron chi connectivity index (χ2n) is 6.77. The Kier molecular flexibility index (Phi) is 9.82. The molecule has 1 aliphatic carbocycles. The summed E-state index contributed by atoms with van der Waals surface area (Å²) in [6, 6.07) is 11.6. The molecule has 7 nitrogen and oxygen atoms in total. The molecular formula is C21H29IN4O3. The molecule has 0 atom stereocenters. The van der Waals surface area contributed by atoms with Crippen molar-refractivity contribution in [2.45, 2.75) is 32.9 Å². The number of nitrogens with zero attached hydrogens (tertiary/aromatic N) is 1. The van der Waals surface area contributed by atoms with E-state index in [0.29, 0.717) is 31.5 Å². The number of nitrogens with one attached hydrogen (secondary N) is 3. The van der Waals surface area contributed by atoms with E-state index >= 15 is 0 Å². The fraction of sp³-hybridized carbons (Fsp3) is 0.429. The van der Waals surface area contributed by atoms with E-state index in [4.69, 9.17) is 9.15 Å². The van der Waals surface area contributed by atoms with Crippen LogP contribution in [0, 0.1) is 5.92 Å². The van der Waals surface area contributed by atoms with Crippen molar-refractivity contribution in [3.05, 3.63) is 54.0 Å². The summed E-state index contributed by atoms with van der Waals surface area (Å²) in [6.07, 6.45) is 4.11. The van der Waals surface area contributed by atoms with Crippen LogP contribution < -0.4 is 20.7 Å². The molecule has 0 radical (unpaired) electrons. The van der Waals surface area contributed by atoms with Gasteiger partial charge >= 0.3 is 0 Å². The maximum Gasteiger partial charge on any atom is 0.239 e. The smallest absolute Gasteiger partial charge is 0.239 e. The molecule has 3 N–H and O–H groups in total. The highest BCUT2D eigenvalue weighted by Crippen LogP contribution is 2.30. The Balaban J connectivity index is 0.00000300. The van der Waals surface area contributed by atoms with Gasteiger partial charge in [-0.25, -0.2) is 4.99 Å². The normalized spacial score (nSPS) is 13.3. The number of halogens is 1. The summed E-state index contributed by atoms with van der Waals surface area (Å²) in [4.78, 5) is 16.6. The zero-order valence-electron chi connectivity index (χ0n) is 16.6. The largest absolute Gasteiger partial charge is 0.493 e. The average molecular weight is 512 g/mol. The van der Waals surface area contributed by atoms with Gasteiger partial charge in [0.05, 0.1) is 32.5 Å². The van der Waals surface area contributed by atoms with Crippen molar-refractivity contribution in [1.29, 1.82) is 0 Å². The number of amides is 1. The molecular weight excluding hydrogens is 483 g/mol. The third-order valence-corrected chi connectivity index (χ3v) is 4.35. The summed E-state index contributed by atoms with van der Waals surface area (Å²) in [5, 5.41) is 9.01. The van der Waals surface area contributed by atoms with Crippen molar-refractivity contribution in [2.75, 3.05) is 19.7 Å². The van der Waals surface area contributed by atoms with Gasteiger partial charge in [-0.1, -0.05) is 18.2 Å². The molecule has 8 heteroatoms. The third kappa shape index (κ3) is 8.35. The molecule has 2 aromatic rings. The summed E-state index contributed by atoms with van der Waals surface area (Å²) < 4.78 is 11.1. The van der Waals surface area contributed by atoms with Crippen LogP contribution in [-0.4, -0.2) is 31.6 Å². The zero-order chi connectivity index (χ0) is 19.6. The lowest BCUT2D eigenvalue weighted by Crippen LogP contribution is -2.43. The molecule has 29 heavy (non-hydrogen) atoms. The number of guanidine groups is 1. The van der Waals surface area contributed by atoms with Crippen LogP contribution in [0.4, 0.5) is 0 Å². The van der Waals surface area contributed by atoms with Crippen LogP contribution in [0.25, 0.3) is 0 Å². The van der Waals surface area contributed by atoms with Crippen LogP contribution in [0.5, 0.6) is 5.75 Å². The first-order valence-corrected chi connectivity index (χ1v) is 9.76. The highest BCUT2D eigenvalue weighted by atomic mass is 127.